The standard InChI is InChI=1S/C19H25ClN2O/c1-2-19(10-5-13-21-18(19)23)11-8-17-15(9-12-20)14-6-3-4-7-16(14)22-17/h3-4,6-7,22H,2,5,8-13H2,1H3,(H,21,23). The van der Waals surface area contributed by atoms with Crippen molar-refractivity contribution in [3.05, 3.63) is 35.5 Å². The molecule has 1 unspecified atom stereocenters. The Kier molecular flexibility index (Phi) is 4.96. The molecule has 1 aromatic heterocycles. The average Bonchev–Trinajstić information content (AvgIpc) is 2.93. The number of para-hydroxylation sites is 1. The number of carbonyl (C=O) groups excluding carboxylic acids is 1. The molecule has 0 bridgehead atoms. The van der Waals surface area contributed by atoms with Crippen molar-refractivity contribution in [3.63, 3.8) is 0 Å². The second-order valence-electron chi connectivity index (χ2n) is 6.56. The lowest BCUT2D eigenvalue weighted by Gasteiger charge is -2.35. The summed E-state index contributed by atoms with van der Waals surface area (Å²) >= 11 is 6.01. The van der Waals surface area contributed by atoms with Crippen LogP contribution in [0.2, 0.25) is 0 Å². The van der Waals surface area contributed by atoms with Crippen molar-refractivity contribution >= 4 is 28.4 Å². The largest absolute Gasteiger partial charge is 0.358 e. The fraction of sp³-hybridized carbons (Fsp3) is 0.526. The second-order valence-corrected chi connectivity index (χ2v) is 6.94. The lowest BCUT2D eigenvalue weighted by atomic mass is 9.73. The molecular weight excluding hydrogens is 308 g/mol. The minimum absolute atomic E-state index is 0.201. The molecule has 2 aromatic rings. The summed E-state index contributed by atoms with van der Waals surface area (Å²) in [5, 5.41) is 4.32. The third kappa shape index (κ3) is 3.12. The summed E-state index contributed by atoms with van der Waals surface area (Å²) < 4.78 is 0. The number of rotatable bonds is 6. The number of piperidine rings is 1. The van der Waals surface area contributed by atoms with Crippen LogP contribution in [0.15, 0.2) is 24.3 Å². The maximum atomic E-state index is 12.4. The predicted molar refractivity (Wildman–Crippen MR) is 96.0 cm³/mol. The van der Waals surface area contributed by atoms with Gasteiger partial charge in [-0.1, -0.05) is 25.1 Å². The van der Waals surface area contributed by atoms with Crippen LogP contribution in [-0.2, 0) is 17.6 Å². The van der Waals surface area contributed by atoms with E-state index in [1.807, 2.05) is 0 Å². The molecule has 2 heterocycles. The number of amides is 1. The van der Waals surface area contributed by atoms with E-state index in [1.165, 1.54) is 22.2 Å². The van der Waals surface area contributed by atoms with Crippen LogP contribution in [0.5, 0.6) is 0 Å². The number of alkyl halides is 1. The van der Waals surface area contributed by atoms with E-state index in [4.69, 9.17) is 11.6 Å². The molecule has 1 fully saturated rings. The van der Waals surface area contributed by atoms with Gasteiger partial charge < -0.3 is 10.3 Å². The Morgan fingerprint density at radius 3 is 2.83 bits per heavy atom. The molecule has 1 aromatic carbocycles. The van der Waals surface area contributed by atoms with Crippen molar-refractivity contribution in [2.24, 2.45) is 5.41 Å². The van der Waals surface area contributed by atoms with Crippen molar-refractivity contribution in [2.75, 3.05) is 12.4 Å². The quantitative estimate of drug-likeness (QED) is 0.765. The highest BCUT2D eigenvalue weighted by Gasteiger charge is 2.38. The Bertz CT molecular complexity index is 694. The number of H-pyrrole nitrogens is 1. The van der Waals surface area contributed by atoms with Gasteiger partial charge in [-0.25, -0.2) is 0 Å². The zero-order valence-electron chi connectivity index (χ0n) is 13.8. The highest BCUT2D eigenvalue weighted by molar-refractivity contribution is 6.18. The Labute approximate surface area is 142 Å². The Morgan fingerprint density at radius 1 is 1.26 bits per heavy atom. The average molecular weight is 333 g/mol. The van der Waals surface area contributed by atoms with Crippen molar-refractivity contribution < 1.29 is 4.79 Å². The molecule has 3 nitrogen and oxygen atoms in total. The molecule has 1 saturated heterocycles. The maximum absolute atomic E-state index is 12.4. The first-order valence-electron chi connectivity index (χ1n) is 8.63. The molecule has 0 saturated carbocycles. The maximum Gasteiger partial charge on any atom is 0.226 e. The lowest BCUT2D eigenvalue weighted by Crippen LogP contribution is -2.45. The summed E-state index contributed by atoms with van der Waals surface area (Å²) in [6, 6.07) is 8.38. The van der Waals surface area contributed by atoms with Gasteiger partial charge in [0.25, 0.3) is 0 Å². The summed E-state index contributed by atoms with van der Waals surface area (Å²) in [7, 11) is 0. The molecule has 1 atom stereocenters. The number of fused-ring (bicyclic) bond motifs is 1. The fourth-order valence-electron chi connectivity index (χ4n) is 3.90. The third-order valence-electron chi connectivity index (χ3n) is 5.38. The van der Waals surface area contributed by atoms with Crippen molar-refractivity contribution in [3.8, 4) is 0 Å². The smallest absolute Gasteiger partial charge is 0.226 e. The molecule has 23 heavy (non-hydrogen) atoms. The second kappa shape index (κ2) is 6.96. The van der Waals surface area contributed by atoms with Crippen LogP contribution in [0.25, 0.3) is 10.9 Å². The number of nitrogens with one attached hydrogen (secondary N) is 2. The van der Waals surface area contributed by atoms with E-state index in [2.05, 4.69) is 41.5 Å². The molecule has 1 aliphatic rings. The van der Waals surface area contributed by atoms with Gasteiger partial charge in [-0.05, 0) is 50.2 Å². The molecule has 0 spiro atoms. The normalized spacial score (nSPS) is 21.6. The minimum atomic E-state index is -0.201. The van der Waals surface area contributed by atoms with E-state index in [0.29, 0.717) is 5.88 Å². The number of hydrogen-bond donors (Lipinski definition) is 2. The number of benzene rings is 1. The molecule has 1 amide bonds. The van der Waals surface area contributed by atoms with Crippen LogP contribution in [0.1, 0.15) is 43.9 Å². The number of aromatic amines is 1. The third-order valence-corrected chi connectivity index (χ3v) is 5.57. The van der Waals surface area contributed by atoms with Crippen molar-refractivity contribution in [1.29, 1.82) is 0 Å². The number of hydrogen-bond acceptors (Lipinski definition) is 1. The Hall–Kier alpha value is -1.48. The monoisotopic (exact) mass is 332 g/mol. The number of aromatic nitrogens is 1. The van der Waals surface area contributed by atoms with Gasteiger partial charge >= 0.3 is 0 Å². The molecule has 1 aliphatic heterocycles. The van der Waals surface area contributed by atoms with E-state index >= 15 is 0 Å². The van der Waals surface area contributed by atoms with E-state index in [9.17, 15) is 4.79 Å². The van der Waals surface area contributed by atoms with E-state index in [-0.39, 0.29) is 11.3 Å². The van der Waals surface area contributed by atoms with Crippen molar-refractivity contribution in [1.82, 2.24) is 10.3 Å². The first-order chi connectivity index (χ1) is 11.2. The van der Waals surface area contributed by atoms with Gasteiger partial charge in [0.15, 0.2) is 0 Å². The Balaban J connectivity index is 1.86. The summed E-state index contributed by atoms with van der Waals surface area (Å²) in [4.78, 5) is 16.0. The predicted octanol–water partition coefficient (Wildman–Crippen LogP) is 4.19. The minimum Gasteiger partial charge on any atom is -0.358 e. The van der Waals surface area contributed by atoms with Gasteiger partial charge in [0, 0.05) is 34.4 Å². The van der Waals surface area contributed by atoms with E-state index in [0.717, 1.165) is 45.1 Å². The van der Waals surface area contributed by atoms with Gasteiger partial charge in [-0.2, -0.15) is 0 Å². The molecule has 0 radical (unpaired) electrons. The number of aryl methyl sites for hydroxylation is 2. The molecule has 2 N–H and O–H groups in total. The van der Waals surface area contributed by atoms with Crippen LogP contribution in [0, 0.1) is 5.41 Å². The first-order valence-corrected chi connectivity index (χ1v) is 9.16. The van der Waals surface area contributed by atoms with Gasteiger partial charge in [-0.3, -0.25) is 4.79 Å². The molecular formula is C19H25ClN2O. The van der Waals surface area contributed by atoms with Crippen LogP contribution in [-0.4, -0.2) is 23.3 Å². The van der Waals surface area contributed by atoms with Gasteiger partial charge in [-0.15, -0.1) is 11.6 Å². The summed E-state index contributed by atoms with van der Waals surface area (Å²) in [5.74, 6) is 0.857. The zero-order valence-corrected chi connectivity index (χ0v) is 14.5. The van der Waals surface area contributed by atoms with Crippen LogP contribution in [0.4, 0.5) is 0 Å². The fourth-order valence-corrected chi connectivity index (χ4v) is 4.08. The molecule has 3 rings (SSSR count). The number of carbonyl (C=O) groups is 1. The molecule has 124 valence electrons. The number of halogens is 1. The first kappa shape index (κ1) is 16.4. The van der Waals surface area contributed by atoms with Crippen molar-refractivity contribution in [2.45, 2.75) is 45.4 Å². The van der Waals surface area contributed by atoms with Gasteiger partial charge in [0.1, 0.15) is 0 Å². The van der Waals surface area contributed by atoms with Crippen LogP contribution >= 0.6 is 11.6 Å². The lowest BCUT2D eigenvalue weighted by molar-refractivity contribution is -0.134. The summed E-state index contributed by atoms with van der Waals surface area (Å²) in [5.41, 5.74) is 3.53. The summed E-state index contributed by atoms with van der Waals surface area (Å²) in [6.45, 7) is 2.96. The SMILES string of the molecule is CCC1(CCc2[nH]c3ccccc3c2CCCl)CCCNC1=O. The van der Waals surface area contributed by atoms with Crippen LogP contribution in [0.3, 0.4) is 0 Å². The highest BCUT2D eigenvalue weighted by Crippen LogP contribution is 2.37. The van der Waals surface area contributed by atoms with Gasteiger partial charge in [0.2, 0.25) is 5.91 Å². The molecule has 0 aliphatic carbocycles. The molecule has 4 heteroatoms. The Morgan fingerprint density at radius 2 is 2.09 bits per heavy atom. The van der Waals surface area contributed by atoms with E-state index in [1.54, 1.807) is 0 Å². The summed E-state index contributed by atoms with van der Waals surface area (Å²) in [6.07, 6.45) is 5.66. The zero-order chi connectivity index (χ0) is 16.3. The van der Waals surface area contributed by atoms with E-state index < -0.39 is 0 Å². The highest BCUT2D eigenvalue weighted by atomic mass is 35.5. The van der Waals surface area contributed by atoms with Crippen LogP contribution < -0.4 is 5.32 Å². The topological polar surface area (TPSA) is 44.9 Å². The van der Waals surface area contributed by atoms with Gasteiger partial charge in [0.05, 0.1) is 0 Å².